The lowest BCUT2D eigenvalue weighted by Gasteiger charge is -2.22. The number of ketones is 1. The van der Waals surface area contributed by atoms with Crippen molar-refractivity contribution in [2.75, 3.05) is 0 Å². The minimum Gasteiger partial charge on any atom is -0.388 e. The molecule has 16 heavy (non-hydrogen) atoms. The molecular formula is C14H25NO. The Balaban J connectivity index is 2.28. The van der Waals surface area contributed by atoms with Crippen molar-refractivity contribution in [3.63, 3.8) is 0 Å². The lowest BCUT2D eigenvalue weighted by molar-refractivity contribution is -0.115. The first kappa shape index (κ1) is 13.3. The van der Waals surface area contributed by atoms with Crippen LogP contribution in [0.3, 0.4) is 0 Å². The number of nitrogens with one attached hydrogen (secondary N) is 1. The molecule has 92 valence electrons. The highest BCUT2D eigenvalue weighted by atomic mass is 16.1. The monoisotopic (exact) mass is 223 g/mol. The predicted octanol–water partition coefficient (Wildman–Crippen LogP) is 3.57. The van der Waals surface area contributed by atoms with Crippen LogP contribution < -0.4 is 5.32 Å². The van der Waals surface area contributed by atoms with E-state index in [4.69, 9.17) is 0 Å². The molecule has 0 spiro atoms. The maximum absolute atomic E-state index is 11.7. The number of carbonyl (C=O) groups excluding carboxylic acids is 1. The Morgan fingerprint density at radius 3 is 2.62 bits per heavy atom. The smallest absolute Gasteiger partial charge is 0.160 e. The second-order valence-electron chi connectivity index (χ2n) is 4.86. The maximum Gasteiger partial charge on any atom is 0.160 e. The molecule has 0 heterocycles. The lowest BCUT2D eigenvalue weighted by atomic mass is 9.95. The van der Waals surface area contributed by atoms with E-state index in [2.05, 4.69) is 12.2 Å². The molecule has 0 bridgehead atoms. The third kappa shape index (κ3) is 4.82. The Morgan fingerprint density at radius 2 is 2.00 bits per heavy atom. The van der Waals surface area contributed by atoms with E-state index in [1.54, 1.807) is 0 Å². The molecule has 0 radical (unpaired) electrons. The number of rotatable bonds is 6. The van der Waals surface area contributed by atoms with Crippen molar-refractivity contribution >= 4 is 5.78 Å². The van der Waals surface area contributed by atoms with Crippen molar-refractivity contribution < 1.29 is 4.79 Å². The quantitative estimate of drug-likeness (QED) is 0.697. The van der Waals surface area contributed by atoms with Crippen LogP contribution in [0.4, 0.5) is 0 Å². The number of hydrogen-bond donors (Lipinski definition) is 1. The van der Waals surface area contributed by atoms with Crippen LogP contribution in [-0.4, -0.2) is 11.8 Å². The summed E-state index contributed by atoms with van der Waals surface area (Å²) >= 11 is 0. The molecular weight excluding hydrogens is 198 g/mol. The summed E-state index contributed by atoms with van der Waals surface area (Å²) in [6.45, 7) is 4.04. The van der Waals surface area contributed by atoms with Crippen molar-refractivity contribution in [2.24, 2.45) is 0 Å². The normalized spacial score (nSPS) is 18.5. The second-order valence-corrected chi connectivity index (χ2v) is 4.86. The van der Waals surface area contributed by atoms with E-state index in [0.29, 0.717) is 18.2 Å². The predicted molar refractivity (Wildman–Crippen MR) is 68.3 cm³/mol. The zero-order chi connectivity index (χ0) is 11.8. The highest BCUT2D eigenvalue weighted by molar-refractivity contribution is 5.94. The van der Waals surface area contributed by atoms with Gasteiger partial charge in [0.05, 0.1) is 0 Å². The summed E-state index contributed by atoms with van der Waals surface area (Å²) in [4.78, 5) is 11.7. The van der Waals surface area contributed by atoms with Crippen LogP contribution in [0, 0.1) is 0 Å². The van der Waals surface area contributed by atoms with Crippen LogP contribution in [0.1, 0.15) is 65.2 Å². The number of carbonyl (C=O) groups is 1. The zero-order valence-corrected chi connectivity index (χ0v) is 10.7. The molecule has 0 atom stereocenters. The number of unbranched alkanes of at least 4 members (excludes halogenated alkanes) is 1. The van der Waals surface area contributed by atoms with Gasteiger partial charge in [0.1, 0.15) is 0 Å². The molecule has 1 fully saturated rings. The minimum absolute atomic E-state index is 0.296. The zero-order valence-electron chi connectivity index (χ0n) is 10.7. The van der Waals surface area contributed by atoms with Gasteiger partial charge in [0.15, 0.2) is 5.78 Å². The summed E-state index contributed by atoms with van der Waals surface area (Å²) in [7, 11) is 0. The summed E-state index contributed by atoms with van der Waals surface area (Å²) in [5, 5.41) is 3.40. The van der Waals surface area contributed by atoms with E-state index in [0.717, 1.165) is 18.4 Å². The Bertz CT molecular complexity index is 239. The average molecular weight is 223 g/mol. The van der Waals surface area contributed by atoms with Crippen LogP contribution >= 0.6 is 0 Å². The number of hydrogen-bond acceptors (Lipinski definition) is 2. The second kappa shape index (κ2) is 7.48. The van der Waals surface area contributed by atoms with E-state index in [1.807, 2.05) is 13.1 Å². The van der Waals surface area contributed by atoms with E-state index < -0.39 is 0 Å². The topological polar surface area (TPSA) is 29.1 Å². The van der Waals surface area contributed by atoms with Crippen molar-refractivity contribution in [3.8, 4) is 0 Å². The summed E-state index contributed by atoms with van der Waals surface area (Å²) in [5.74, 6) is 0.296. The fourth-order valence-corrected chi connectivity index (χ4v) is 2.13. The molecule has 0 aromatic rings. The van der Waals surface area contributed by atoms with Gasteiger partial charge in [-0.05, 0) is 26.2 Å². The van der Waals surface area contributed by atoms with Gasteiger partial charge in [0.25, 0.3) is 0 Å². The van der Waals surface area contributed by atoms with Gasteiger partial charge in [-0.15, -0.1) is 0 Å². The van der Waals surface area contributed by atoms with Crippen LogP contribution in [0.25, 0.3) is 0 Å². The molecule has 0 aromatic heterocycles. The standard InChI is InChI=1S/C14H25NO/c1-3-4-10-14(16)12(2)11-15-13-8-6-5-7-9-13/h11,13,15H,3-10H2,1-2H3/b12-11+. The first-order chi connectivity index (χ1) is 7.74. The highest BCUT2D eigenvalue weighted by Crippen LogP contribution is 2.17. The fraction of sp³-hybridized carbons (Fsp3) is 0.786. The Morgan fingerprint density at radius 1 is 1.31 bits per heavy atom. The van der Waals surface area contributed by atoms with E-state index in [1.165, 1.54) is 32.1 Å². The van der Waals surface area contributed by atoms with Gasteiger partial charge in [0.2, 0.25) is 0 Å². The Labute approximate surface area is 99.5 Å². The van der Waals surface area contributed by atoms with Gasteiger partial charge in [-0.25, -0.2) is 0 Å². The van der Waals surface area contributed by atoms with Crippen LogP contribution in [0.15, 0.2) is 11.8 Å². The first-order valence-electron chi connectivity index (χ1n) is 6.70. The molecule has 0 amide bonds. The molecule has 1 rings (SSSR count). The van der Waals surface area contributed by atoms with E-state index >= 15 is 0 Å². The lowest BCUT2D eigenvalue weighted by Crippen LogP contribution is -2.27. The summed E-state index contributed by atoms with van der Waals surface area (Å²) in [6, 6.07) is 0.600. The van der Waals surface area contributed by atoms with Crippen molar-refractivity contribution in [2.45, 2.75) is 71.3 Å². The third-order valence-electron chi connectivity index (χ3n) is 3.34. The molecule has 2 heteroatoms. The van der Waals surface area contributed by atoms with Crippen LogP contribution in [-0.2, 0) is 4.79 Å². The first-order valence-corrected chi connectivity index (χ1v) is 6.70. The maximum atomic E-state index is 11.7. The average Bonchev–Trinajstić information content (AvgIpc) is 2.34. The minimum atomic E-state index is 0.296. The molecule has 1 N–H and O–H groups in total. The van der Waals surface area contributed by atoms with E-state index in [-0.39, 0.29) is 0 Å². The van der Waals surface area contributed by atoms with E-state index in [9.17, 15) is 4.79 Å². The summed E-state index contributed by atoms with van der Waals surface area (Å²) in [5.41, 5.74) is 0.888. The third-order valence-corrected chi connectivity index (χ3v) is 3.34. The molecule has 1 aliphatic carbocycles. The fourth-order valence-electron chi connectivity index (χ4n) is 2.13. The SMILES string of the molecule is CCCCC(=O)/C(C)=C/NC1CCCCC1. The highest BCUT2D eigenvalue weighted by Gasteiger charge is 2.11. The molecule has 2 nitrogen and oxygen atoms in total. The van der Waals surface area contributed by atoms with Crippen LogP contribution in [0.2, 0.25) is 0 Å². The van der Waals surface area contributed by atoms with Gasteiger partial charge < -0.3 is 5.32 Å². The number of Topliss-reactive ketones (excluding diaryl/α,β-unsaturated/α-hetero) is 1. The molecule has 0 saturated heterocycles. The van der Waals surface area contributed by atoms with Crippen LogP contribution in [0.5, 0.6) is 0 Å². The van der Waals surface area contributed by atoms with Crippen molar-refractivity contribution in [3.05, 3.63) is 11.8 Å². The molecule has 1 saturated carbocycles. The molecule has 0 unspecified atom stereocenters. The molecule has 1 aliphatic rings. The summed E-state index contributed by atoms with van der Waals surface area (Å²) in [6.07, 6.45) is 11.3. The van der Waals surface area contributed by atoms with Gasteiger partial charge >= 0.3 is 0 Å². The molecule has 0 aliphatic heterocycles. The van der Waals surface area contributed by atoms with Gasteiger partial charge in [-0.3, -0.25) is 4.79 Å². The van der Waals surface area contributed by atoms with Crippen molar-refractivity contribution in [1.29, 1.82) is 0 Å². The Hall–Kier alpha value is -0.790. The van der Waals surface area contributed by atoms with Gasteiger partial charge in [-0.2, -0.15) is 0 Å². The Kier molecular flexibility index (Phi) is 6.20. The largest absolute Gasteiger partial charge is 0.388 e. The number of allylic oxidation sites excluding steroid dienone is 1. The van der Waals surface area contributed by atoms with Gasteiger partial charge in [-0.1, -0.05) is 32.6 Å². The van der Waals surface area contributed by atoms with Gasteiger partial charge in [0, 0.05) is 24.2 Å². The van der Waals surface area contributed by atoms with Crippen molar-refractivity contribution in [1.82, 2.24) is 5.32 Å². The molecule has 0 aromatic carbocycles. The summed E-state index contributed by atoms with van der Waals surface area (Å²) < 4.78 is 0.